The lowest BCUT2D eigenvalue weighted by Gasteiger charge is -2.07. The molecule has 0 radical (unpaired) electrons. The first kappa shape index (κ1) is 14.2. The summed E-state index contributed by atoms with van der Waals surface area (Å²) in [6.45, 7) is 2.17. The van der Waals surface area contributed by atoms with Crippen molar-refractivity contribution in [2.45, 2.75) is 32.4 Å². The van der Waals surface area contributed by atoms with Crippen LogP contribution in [0.15, 0.2) is 24.3 Å². The molecule has 0 bridgehead atoms. The predicted octanol–water partition coefficient (Wildman–Crippen LogP) is 1.23. The topological polar surface area (TPSA) is 89.6 Å². The Hall–Kier alpha value is -1.88. The van der Waals surface area contributed by atoms with Crippen LogP contribution >= 0.6 is 0 Å². The van der Waals surface area contributed by atoms with Gasteiger partial charge in [0.25, 0.3) is 0 Å². The minimum absolute atomic E-state index is 0.0132. The van der Waals surface area contributed by atoms with E-state index in [-0.39, 0.29) is 19.4 Å². The van der Waals surface area contributed by atoms with E-state index >= 15 is 0 Å². The maximum atomic E-state index is 11.3. The van der Waals surface area contributed by atoms with Crippen LogP contribution in [0.2, 0.25) is 0 Å². The summed E-state index contributed by atoms with van der Waals surface area (Å²) in [5.41, 5.74) is 7.32. The number of carboxylic acids is 1. The molecule has 1 rings (SSSR count). The van der Waals surface area contributed by atoms with E-state index < -0.39 is 18.0 Å². The van der Waals surface area contributed by atoms with Crippen molar-refractivity contribution in [1.82, 2.24) is 0 Å². The maximum absolute atomic E-state index is 11.3. The number of benzene rings is 1. The van der Waals surface area contributed by atoms with Gasteiger partial charge in [-0.15, -0.1) is 0 Å². The smallest absolute Gasteiger partial charge is 0.320 e. The predicted molar refractivity (Wildman–Crippen MR) is 65.8 cm³/mol. The van der Waals surface area contributed by atoms with Crippen LogP contribution < -0.4 is 5.73 Å². The van der Waals surface area contributed by atoms with Crippen molar-refractivity contribution in [2.24, 2.45) is 5.73 Å². The second kappa shape index (κ2) is 6.76. The number of hydrogen-bond donors (Lipinski definition) is 2. The van der Waals surface area contributed by atoms with Crippen LogP contribution in [0.1, 0.15) is 24.0 Å². The molecule has 18 heavy (non-hydrogen) atoms. The van der Waals surface area contributed by atoms with Gasteiger partial charge in [0.2, 0.25) is 0 Å². The zero-order valence-electron chi connectivity index (χ0n) is 10.3. The number of carboxylic acid groups (broad SMARTS) is 1. The lowest BCUT2D eigenvalue weighted by atomic mass is 10.1. The highest BCUT2D eigenvalue weighted by molar-refractivity contribution is 5.75. The van der Waals surface area contributed by atoms with Crippen molar-refractivity contribution in [3.8, 4) is 0 Å². The fourth-order valence-corrected chi connectivity index (χ4v) is 1.32. The molecule has 0 amide bonds. The van der Waals surface area contributed by atoms with Gasteiger partial charge in [0.05, 0.1) is 0 Å². The second-order valence-corrected chi connectivity index (χ2v) is 4.13. The number of nitrogens with two attached hydrogens (primary N) is 1. The van der Waals surface area contributed by atoms with E-state index in [9.17, 15) is 9.59 Å². The number of carbonyl (C=O) groups is 2. The lowest BCUT2D eigenvalue weighted by molar-refractivity contribution is -0.145. The van der Waals surface area contributed by atoms with Crippen molar-refractivity contribution in [1.29, 1.82) is 0 Å². The average molecular weight is 251 g/mol. The molecule has 0 spiro atoms. The molecule has 1 aromatic carbocycles. The molecule has 0 saturated carbocycles. The highest BCUT2D eigenvalue weighted by atomic mass is 16.5. The average Bonchev–Trinajstić information content (AvgIpc) is 2.35. The van der Waals surface area contributed by atoms with Crippen LogP contribution in [0, 0.1) is 6.92 Å². The van der Waals surface area contributed by atoms with E-state index in [1.54, 1.807) is 0 Å². The van der Waals surface area contributed by atoms with Gasteiger partial charge in [-0.05, 0) is 18.9 Å². The minimum atomic E-state index is -1.11. The summed E-state index contributed by atoms with van der Waals surface area (Å²) in [6.07, 6.45) is 0.0986. The SMILES string of the molecule is Cc1ccc(COC(=O)CC[C@H](N)C(=O)O)cc1. The van der Waals surface area contributed by atoms with Gasteiger partial charge in [-0.2, -0.15) is 0 Å². The molecule has 5 nitrogen and oxygen atoms in total. The van der Waals surface area contributed by atoms with E-state index in [0.29, 0.717) is 0 Å². The summed E-state index contributed by atoms with van der Waals surface area (Å²) >= 11 is 0. The van der Waals surface area contributed by atoms with Gasteiger partial charge >= 0.3 is 11.9 Å². The fourth-order valence-electron chi connectivity index (χ4n) is 1.32. The number of ether oxygens (including phenoxy) is 1. The molecular formula is C13H17NO4. The van der Waals surface area contributed by atoms with Crippen molar-refractivity contribution in [2.75, 3.05) is 0 Å². The summed E-state index contributed by atoms with van der Waals surface area (Å²) in [6, 6.07) is 6.61. The van der Waals surface area contributed by atoms with Crippen molar-refractivity contribution in [3.63, 3.8) is 0 Å². The third kappa shape index (κ3) is 4.97. The first-order valence-corrected chi connectivity index (χ1v) is 5.68. The molecule has 98 valence electrons. The number of aliphatic carboxylic acids is 1. The van der Waals surface area contributed by atoms with Gasteiger partial charge in [-0.3, -0.25) is 9.59 Å². The first-order valence-electron chi connectivity index (χ1n) is 5.68. The van der Waals surface area contributed by atoms with Gasteiger partial charge in [0.15, 0.2) is 0 Å². The summed E-state index contributed by atoms with van der Waals surface area (Å²) in [5.74, 6) is -1.55. The molecule has 0 aliphatic rings. The summed E-state index contributed by atoms with van der Waals surface area (Å²) in [5, 5.41) is 8.55. The highest BCUT2D eigenvalue weighted by Crippen LogP contribution is 2.06. The Balaban J connectivity index is 2.29. The molecule has 5 heteroatoms. The lowest BCUT2D eigenvalue weighted by Crippen LogP contribution is -2.30. The van der Waals surface area contributed by atoms with Gasteiger partial charge in [-0.25, -0.2) is 0 Å². The van der Waals surface area contributed by atoms with Crippen LogP contribution in [-0.2, 0) is 20.9 Å². The number of carbonyl (C=O) groups excluding carboxylic acids is 1. The van der Waals surface area contributed by atoms with Crippen LogP contribution in [0.25, 0.3) is 0 Å². The van der Waals surface area contributed by atoms with E-state index in [2.05, 4.69) is 0 Å². The number of aryl methyl sites for hydroxylation is 1. The number of esters is 1. The molecule has 1 aromatic rings. The normalized spacial score (nSPS) is 11.9. The molecule has 0 unspecified atom stereocenters. The molecule has 0 aliphatic heterocycles. The van der Waals surface area contributed by atoms with Crippen molar-refractivity contribution in [3.05, 3.63) is 35.4 Å². The van der Waals surface area contributed by atoms with E-state index in [1.807, 2.05) is 31.2 Å². The van der Waals surface area contributed by atoms with E-state index in [4.69, 9.17) is 15.6 Å². The Morgan fingerprint density at radius 1 is 1.33 bits per heavy atom. The molecule has 0 heterocycles. The number of rotatable bonds is 6. The highest BCUT2D eigenvalue weighted by Gasteiger charge is 2.14. The maximum Gasteiger partial charge on any atom is 0.320 e. The first-order chi connectivity index (χ1) is 8.49. The summed E-state index contributed by atoms with van der Waals surface area (Å²) in [7, 11) is 0. The Labute approximate surface area is 106 Å². The van der Waals surface area contributed by atoms with Gasteiger partial charge in [-0.1, -0.05) is 29.8 Å². The van der Waals surface area contributed by atoms with E-state index in [0.717, 1.165) is 11.1 Å². The summed E-state index contributed by atoms with van der Waals surface area (Å²) < 4.78 is 5.01. The van der Waals surface area contributed by atoms with E-state index in [1.165, 1.54) is 0 Å². The molecule has 0 saturated heterocycles. The monoisotopic (exact) mass is 251 g/mol. The minimum Gasteiger partial charge on any atom is -0.480 e. The quantitative estimate of drug-likeness (QED) is 0.742. The molecule has 0 aromatic heterocycles. The van der Waals surface area contributed by atoms with Crippen LogP contribution in [0.4, 0.5) is 0 Å². The van der Waals surface area contributed by atoms with Crippen molar-refractivity contribution < 1.29 is 19.4 Å². The molecule has 1 atom stereocenters. The third-order valence-electron chi connectivity index (χ3n) is 2.50. The second-order valence-electron chi connectivity index (χ2n) is 4.13. The molecule has 0 fully saturated rings. The summed E-state index contributed by atoms with van der Waals surface area (Å²) in [4.78, 5) is 21.8. The van der Waals surface area contributed by atoms with Crippen LogP contribution in [0.5, 0.6) is 0 Å². The molecule has 0 aliphatic carbocycles. The van der Waals surface area contributed by atoms with Gasteiger partial charge in [0, 0.05) is 6.42 Å². The van der Waals surface area contributed by atoms with Crippen LogP contribution in [-0.4, -0.2) is 23.1 Å². The Bertz CT molecular complexity index is 414. The largest absolute Gasteiger partial charge is 0.480 e. The molecular weight excluding hydrogens is 234 g/mol. The zero-order valence-corrected chi connectivity index (χ0v) is 10.3. The Morgan fingerprint density at radius 2 is 1.94 bits per heavy atom. The Kier molecular flexibility index (Phi) is 5.32. The molecule has 3 N–H and O–H groups in total. The standard InChI is InChI=1S/C13H17NO4/c1-9-2-4-10(5-3-9)8-18-12(15)7-6-11(14)13(16)17/h2-5,11H,6-8,14H2,1H3,(H,16,17)/t11-/m0/s1. The number of hydrogen-bond acceptors (Lipinski definition) is 4. The zero-order chi connectivity index (χ0) is 13.5. The van der Waals surface area contributed by atoms with Crippen LogP contribution in [0.3, 0.4) is 0 Å². The van der Waals surface area contributed by atoms with Crippen molar-refractivity contribution >= 4 is 11.9 Å². The fraction of sp³-hybridized carbons (Fsp3) is 0.385. The van der Waals surface area contributed by atoms with Gasteiger partial charge in [0.1, 0.15) is 12.6 Å². The Morgan fingerprint density at radius 3 is 2.50 bits per heavy atom. The van der Waals surface area contributed by atoms with Gasteiger partial charge < -0.3 is 15.6 Å². The third-order valence-corrected chi connectivity index (χ3v) is 2.50.